The van der Waals surface area contributed by atoms with Crippen molar-refractivity contribution in [2.45, 2.75) is 64.3 Å². The minimum Gasteiger partial charge on any atom is -0.405 e. The van der Waals surface area contributed by atoms with E-state index in [0.717, 1.165) is 43.9 Å². The van der Waals surface area contributed by atoms with Crippen LogP contribution in [0.4, 0.5) is 5.69 Å². The van der Waals surface area contributed by atoms with Gasteiger partial charge in [-0.3, -0.25) is 20.1 Å². The minimum atomic E-state index is -0.225. The van der Waals surface area contributed by atoms with Gasteiger partial charge in [-0.15, -0.1) is 0 Å². The van der Waals surface area contributed by atoms with E-state index in [2.05, 4.69) is 41.8 Å². The highest BCUT2D eigenvalue weighted by Crippen LogP contribution is 2.31. The Balaban J connectivity index is 1.96. The van der Waals surface area contributed by atoms with Gasteiger partial charge in [-0.25, -0.2) is 0 Å². The predicted molar refractivity (Wildman–Crippen MR) is 135 cm³/mol. The van der Waals surface area contributed by atoms with E-state index < -0.39 is 0 Å². The number of carbonyl (C=O) groups is 1. The van der Waals surface area contributed by atoms with E-state index in [1.807, 2.05) is 12.1 Å². The number of anilines is 1. The highest BCUT2D eigenvalue weighted by Gasteiger charge is 2.28. The standard InChI is InChI=1S/C26H42N4O3/c1-5-20(15-17-32-4)21-10-12-23(13-11-21)30-33-18-25(22-8-6-19(2)7-9-22)29-26(31)24(28-3)14-16-27/h10-14,16,19-20,22,25,30H,5-9,15,17-18,27H2,1-4H3,(H,29,31)/b16-14-,28-24?/t19?,20?,22?,25-/m1/s1. The number of hydrogen-bond acceptors (Lipinski definition) is 6. The van der Waals surface area contributed by atoms with Crippen LogP contribution >= 0.6 is 0 Å². The van der Waals surface area contributed by atoms with Crippen molar-refractivity contribution < 1.29 is 14.4 Å². The number of nitrogens with zero attached hydrogens (tertiary/aromatic N) is 1. The van der Waals surface area contributed by atoms with Gasteiger partial charge in [-0.1, -0.05) is 38.8 Å². The highest BCUT2D eigenvalue weighted by atomic mass is 16.6. The van der Waals surface area contributed by atoms with Gasteiger partial charge >= 0.3 is 0 Å². The number of amides is 1. The molecule has 0 heterocycles. The van der Waals surface area contributed by atoms with Crippen LogP contribution in [0, 0.1) is 11.8 Å². The largest absolute Gasteiger partial charge is 0.405 e. The number of ether oxygens (including phenoxy) is 1. The Kier molecular flexibility index (Phi) is 12.0. The Morgan fingerprint density at radius 2 is 1.94 bits per heavy atom. The van der Waals surface area contributed by atoms with Gasteiger partial charge in [0, 0.05) is 20.8 Å². The lowest BCUT2D eigenvalue weighted by molar-refractivity contribution is -0.116. The van der Waals surface area contributed by atoms with E-state index in [0.29, 0.717) is 24.2 Å². The molecule has 7 nitrogen and oxygen atoms in total. The third kappa shape index (κ3) is 8.82. The van der Waals surface area contributed by atoms with E-state index in [1.54, 1.807) is 14.2 Å². The van der Waals surface area contributed by atoms with E-state index in [4.69, 9.17) is 15.3 Å². The zero-order valence-corrected chi connectivity index (χ0v) is 20.7. The van der Waals surface area contributed by atoms with Gasteiger partial charge in [0.25, 0.3) is 5.91 Å². The van der Waals surface area contributed by atoms with Crippen molar-refractivity contribution in [3.05, 3.63) is 42.1 Å². The number of nitrogens with two attached hydrogens (primary N) is 1. The quantitative estimate of drug-likeness (QED) is 0.300. The number of benzene rings is 1. The van der Waals surface area contributed by atoms with Gasteiger partial charge in [0.05, 0.1) is 18.3 Å². The molecule has 1 fully saturated rings. The fraction of sp³-hybridized carbons (Fsp3) is 0.615. The van der Waals surface area contributed by atoms with Crippen LogP contribution < -0.4 is 16.5 Å². The van der Waals surface area contributed by atoms with Crippen LogP contribution in [0.2, 0.25) is 0 Å². The number of carbonyl (C=O) groups excluding carboxylic acids is 1. The van der Waals surface area contributed by atoms with Crippen molar-refractivity contribution in [2.24, 2.45) is 22.6 Å². The summed E-state index contributed by atoms with van der Waals surface area (Å²) in [5.74, 6) is 1.38. The van der Waals surface area contributed by atoms with Crippen LogP contribution in [0.5, 0.6) is 0 Å². The third-order valence-corrected chi connectivity index (χ3v) is 6.67. The fourth-order valence-corrected chi connectivity index (χ4v) is 4.47. The summed E-state index contributed by atoms with van der Waals surface area (Å²) in [6.45, 7) is 5.63. The Hall–Kier alpha value is -2.38. The lowest BCUT2D eigenvalue weighted by Gasteiger charge is -2.33. The molecule has 184 valence electrons. The van der Waals surface area contributed by atoms with Crippen LogP contribution in [0.3, 0.4) is 0 Å². The monoisotopic (exact) mass is 458 g/mol. The molecular weight excluding hydrogens is 416 g/mol. The lowest BCUT2D eigenvalue weighted by Crippen LogP contribution is -2.47. The van der Waals surface area contributed by atoms with Crippen molar-refractivity contribution in [3.8, 4) is 0 Å². The molecule has 1 aromatic carbocycles. The SMILES string of the molecule is CCC(CCOC)c1ccc(NOC[C@@H](NC(=O)C(/C=C\N)=NC)C2CCC(C)CC2)cc1. The first kappa shape index (κ1) is 26.9. The predicted octanol–water partition coefficient (Wildman–Crippen LogP) is 4.41. The molecule has 0 aromatic heterocycles. The Bertz CT molecular complexity index is 755. The molecule has 0 radical (unpaired) electrons. The number of nitrogens with one attached hydrogen (secondary N) is 2. The number of rotatable bonds is 13. The van der Waals surface area contributed by atoms with Crippen LogP contribution in [0.1, 0.15) is 63.9 Å². The van der Waals surface area contributed by atoms with E-state index >= 15 is 0 Å². The molecule has 33 heavy (non-hydrogen) atoms. The second-order valence-corrected chi connectivity index (χ2v) is 8.99. The number of methoxy groups -OCH3 is 1. The summed E-state index contributed by atoms with van der Waals surface area (Å²) in [6, 6.07) is 8.25. The molecule has 1 amide bonds. The van der Waals surface area contributed by atoms with Crippen LogP contribution in [-0.2, 0) is 14.4 Å². The molecule has 0 spiro atoms. The maximum atomic E-state index is 12.7. The zero-order chi connectivity index (χ0) is 24.1. The molecule has 1 aliphatic carbocycles. The van der Waals surface area contributed by atoms with Crippen molar-refractivity contribution in [3.63, 3.8) is 0 Å². The van der Waals surface area contributed by atoms with E-state index in [-0.39, 0.29) is 11.9 Å². The molecule has 1 aromatic rings. The zero-order valence-electron chi connectivity index (χ0n) is 20.7. The second kappa shape index (κ2) is 14.7. The van der Waals surface area contributed by atoms with Crippen molar-refractivity contribution in [1.82, 2.24) is 5.32 Å². The van der Waals surface area contributed by atoms with Crippen molar-refractivity contribution >= 4 is 17.3 Å². The van der Waals surface area contributed by atoms with Gasteiger partial charge in [-0.2, -0.15) is 0 Å². The summed E-state index contributed by atoms with van der Waals surface area (Å²) >= 11 is 0. The van der Waals surface area contributed by atoms with Crippen molar-refractivity contribution in [1.29, 1.82) is 0 Å². The smallest absolute Gasteiger partial charge is 0.269 e. The molecule has 1 saturated carbocycles. The molecule has 2 atom stereocenters. The molecule has 0 bridgehead atoms. The van der Waals surface area contributed by atoms with Crippen LogP contribution in [0.25, 0.3) is 0 Å². The molecule has 1 aliphatic rings. The fourth-order valence-electron chi connectivity index (χ4n) is 4.47. The first-order valence-corrected chi connectivity index (χ1v) is 12.1. The first-order valence-electron chi connectivity index (χ1n) is 12.1. The summed E-state index contributed by atoms with van der Waals surface area (Å²) in [4.78, 5) is 22.6. The average molecular weight is 459 g/mol. The molecular formula is C26H42N4O3. The third-order valence-electron chi connectivity index (χ3n) is 6.67. The van der Waals surface area contributed by atoms with Gasteiger partial charge in [0.2, 0.25) is 0 Å². The summed E-state index contributed by atoms with van der Waals surface area (Å²) < 4.78 is 5.23. The first-order chi connectivity index (χ1) is 16.0. The van der Waals surface area contributed by atoms with E-state index in [9.17, 15) is 4.79 Å². The average Bonchev–Trinajstić information content (AvgIpc) is 2.83. The van der Waals surface area contributed by atoms with Crippen LogP contribution in [0.15, 0.2) is 41.5 Å². The Labute approximate surface area is 199 Å². The van der Waals surface area contributed by atoms with Crippen molar-refractivity contribution in [2.75, 3.05) is 32.9 Å². The lowest BCUT2D eigenvalue weighted by atomic mass is 9.79. The maximum absolute atomic E-state index is 12.7. The van der Waals surface area contributed by atoms with Gasteiger partial charge in [0.15, 0.2) is 0 Å². The molecule has 4 N–H and O–H groups in total. The normalized spacial score (nSPS) is 21.0. The van der Waals surface area contributed by atoms with Gasteiger partial charge in [0.1, 0.15) is 5.71 Å². The van der Waals surface area contributed by atoms with Gasteiger partial charge in [-0.05, 0) is 73.4 Å². The molecule has 2 rings (SSSR count). The second-order valence-electron chi connectivity index (χ2n) is 8.99. The minimum absolute atomic E-state index is 0.0989. The van der Waals surface area contributed by atoms with Gasteiger partial charge < -0.3 is 15.8 Å². The molecule has 1 unspecified atom stereocenters. The Morgan fingerprint density at radius 3 is 2.52 bits per heavy atom. The van der Waals surface area contributed by atoms with E-state index in [1.165, 1.54) is 30.7 Å². The number of aliphatic imine (C=N–C) groups is 1. The van der Waals surface area contributed by atoms with Crippen LogP contribution in [-0.4, -0.2) is 45.0 Å². The summed E-state index contributed by atoms with van der Waals surface area (Å²) in [6.07, 6.45) is 9.45. The summed E-state index contributed by atoms with van der Waals surface area (Å²) in [7, 11) is 3.33. The topological polar surface area (TPSA) is 98.0 Å². The Morgan fingerprint density at radius 1 is 1.24 bits per heavy atom. The highest BCUT2D eigenvalue weighted by molar-refractivity contribution is 6.43. The molecule has 7 heteroatoms. The summed E-state index contributed by atoms with van der Waals surface area (Å²) in [5, 5.41) is 3.12. The number of hydrogen-bond donors (Lipinski definition) is 3. The maximum Gasteiger partial charge on any atom is 0.269 e. The molecule has 0 saturated heterocycles. The summed E-state index contributed by atoms with van der Waals surface area (Å²) in [5.41, 5.74) is 11.0. The molecule has 0 aliphatic heterocycles.